The molecular weight excluding hydrogens is 286 g/mol. The van der Waals surface area contributed by atoms with Crippen molar-refractivity contribution in [2.75, 3.05) is 11.9 Å². The zero-order valence-corrected chi connectivity index (χ0v) is 14.5. The highest BCUT2D eigenvalue weighted by Gasteiger charge is 2.20. The second-order valence-electron chi connectivity index (χ2n) is 6.83. The zero-order valence-electron chi connectivity index (χ0n) is 13.6. The van der Waals surface area contributed by atoms with Crippen molar-refractivity contribution >= 4 is 22.6 Å². The van der Waals surface area contributed by atoms with Gasteiger partial charge >= 0.3 is 5.97 Å². The van der Waals surface area contributed by atoms with Gasteiger partial charge in [-0.15, -0.1) is 0 Å². The zero-order chi connectivity index (χ0) is 16.0. The Morgan fingerprint density at radius 3 is 2.48 bits per heavy atom. The van der Waals surface area contributed by atoms with E-state index in [9.17, 15) is 4.79 Å². The number of carboxylic acid groups (broad SMARTS) is 1. The van der Waals surface area contributed by atoms with Gasteiger partial charge in [0, 0.05) is 29.9 Å². The number of hydrogen-bond acceptors (Lipinski definition) is 5. The smallest absolute Gasteiger partial charge is 0.303 e. The fourth-order valence-electron chi connectivity index (χ4n) is 2.08. The van der Waals surface area contributed by atoms with Gasteiger partial charge in [-0.05, 0) is 24.7 Å². The van der Waals surface area contributed by atoms with Crippen LogP contribution in [0.5, 0.6) is 0 Å². The van der Waals surface area contributed by atoms with Crippen molar-refractivity contribution < 1.29 is 9.90 Å². The number of hydrogen-bond donors (Lipinski definition) is 2. The first-order valence-corrected chi connectivity index (χ1v) is 8.27. The maximum Gasteiger partial charge on any atom is 0.303 e. The van der Waals surface area contributed by atoms with Gasteiger partial charge in [-0.1, -0.05) is 34.6 Å². The lowest BCUT2D eigenvalue weighted by Gasteiger charge is -2.20. The summed E-state index contributed by atoms with van der Waals surface area (Å²) in [5.74, 6) is 1.06. The van der Waals surface area contributed by atoms with Gasteiger partial charge in [0.05, 0.1) is 0 Å². The van der Waals surface area contributed by atoms with Gasteiger partial charge in [-0.3, -0.25) is 4.79 Å². The average molecular weight is 313 g/mol. The molecule has 0 saturated carbocycles. The summed E-state index contributed by atoms with van der Waals surface area (Å²) < 4.78 is 4.37. The molecule has 1 rings (SSSR count). The standard InChI is InChI=1S/C15H27N3O2S/c1-10(2)11(6-7-12(19)20)8-9-16-14-17-13(18-21-14)15(3,4)5/h10-11H,6-9H2,1-5H3,(H,19,20)(H,16,17,18). The minimum absolute atomic E-state index is 0.0294. The van der Waals surface area contributed by atoms with Crippen molar-refractivity contribution in [1.29, 1.82) is 0 Å². The Kier molecular flexibility index (Phi) is 6.58. The van der Waals surface area contributed by atoms with E-state index in [-0.39, 0.29) is 11.8 Å². The summed E-state index contributed by atoms with van der Waals surface area (Å²) in [5, 5.41) is 12.9. The molecule has 1 aromatic heterocycles. The van der Waals surface area contributed by atoms with E-state index >= 15 is 0 Å². The summed E-state index contributed by atoms with van der Waals surface area (Å²) in [4.78, 5) is 15.2. The van der Waals surface area contributed by atoms with E-state index in [1.165, 1.54) is 11.5 Å². The Bertz CT molecular complexity index is 452. The molecule has 0 amide bonds. The molecule has 1 aromatic rings. The Morgan fingerprint density at radius 1 is 1.33 bits per heavy atom. The molecule has 1 unspecified atom stereocenters. The van der Waals surface area contributed by atoms with Crippen LogP contribution in [0, 0.1) is 11.8 Å². The highest BCUT2D eigenvalue weighted by molar-refractivity contribution is 7.09. The van der Waals surface area contributed by atoms with Crippen LogP contribution in [0.1, 0.15) is 59.7 Å². The van der Waals surface area contributed by atoms with E-state index in [0.717, 1.165) is 30.3 Å². The third-order valence-corrected chi connectivity index (χ3v) is 4.23. The molecule has 0 radical (unpaired) electrons. The van der Waals surface area contributed by atoms with Gasteiger partial charge < -0.3 is 10.4 Å². The number of aromatic nitrogens is 2. The van der Waals surface area contributed by atoms with Crippen molar-refractivity contribution in [2.45, 2.75) is 59.3 Å². The lowest BCUT2D eigenvalue weighted by molar-refractivity contribution is -0.137. The van der Waals surface area contributed by atoms with Gasteiger partial charge in [0.1, 0.15) is 5.82 Å². The topological polar surface area (TPSA) is 75.1 Å². The number of nitrogens with zero attached hydrogens (tertiary/aromatic N) is 2. The molecule has 0 fully saturated rings. The summed E-state index contributed by atoms with van der Waals surface area (Å²) >= 11 is 1.39. The van der Waals surface area contributed by atoms with Crippen molar-refractivity contribution in [3.8, 4) is 0 Å². The minimum Gasteiger partial charge on any atom is -0.481 e. The number of nitrogens with one attached hydrogen (secondary N) is 1. The van der Waals surface area contributed by atoms with Gasteiger partial charge in [0.15, 0.2) is 0 Å². The van der Waals surface area contributed by atoms with Crippen LogP contribution in [0.15, 0.2) is 0 Å². The molecule has 21 heavy (non-hydrogen) atoms. The van der Waals surface area contributed by atoms with Crippen LogP contribution >= 0.6 is 11.5 Å². The van der Waals surface area contributed by atoms with Gasteiger partial charge in [0.2, 0.25) is 5.13 Å². The molecule has 120 valence electrons. The molecule has 0 aliphatic carbocycles. The summed E-state index contributed by atoms with van der Waals surface area (Å²) in [6.07, 6.45) is 1.93. The summed E-state index contributed by atoms with van der Waals surface area (Å²) in [6.45, 7) is 11.4. The maximum atomic E-state index is 10.7. The Balaban J connectivity index is 2.43. The molecule has 0 saturated heterocycles. The third kappa shape index (κ3) is 6.42. The van der Waals surface area contributed by atoms with Gasteiger partial charge in [0.25, 0.3) is 0 Å². The second-order valence-corrected chi connectivity index (χ2v) is 7.58. The van der Waals surface area contributed by atoms with Crippen LogP contribution in [0.4, 0.5) is 5.13 Å². The predicted octanol–water partition coefficient (Wildman–Crippen LogP) is 3.77. The molecule has 1 atom stereocenters. The van der Waals surface area contributed by atoms with Crippen molar-refractivity contribution in [3.63, 3.8) is 0 Å². The Hall–Kier alpha value is -1.17. The van der Waals surface area contributed by atoms with Crippen LogP contribution < -0.4 is 5.32 Å². The lowest BCUT2D eigenvalue weighted by Crippen LogP contribution is -2.16. The van der Waals surface area contributed by atoms with E-state index in [2.05, 4.69) is 49.3 Å². The molecule has 0 aliphatic rings. The summed E-state index contributed by atoms with van der Waals surface area (Å²) in [6, 6.07) is 0. The molecule has 0 aromatic carbocycles. The average Bonchev–Trinajstić information content (AvgIpc) is 2.81. The first kappa shape index (κ1) is 17.9. The lowest BCUT2D eigenvalue weighted by atomic mass is 9.88. The van der Waals surface area contributed by atoms with Crippen molar-refractivity contribution in [3.05, 3.63) is 5.82 Å². The highest BCUT2D eigenvalue weighted by Crippen LogP contribution is 2.24. The largest absolute Gasteiger partial charge is 0.481 e. The van der Waals surface area contributed by atoms with Crippen LogP contribution in [0.2, 0.25) is 0 Å². The fourth-order valence-corrected chi connectivity index (χ4v) is 2.87. The van der Waals surface area contributed by atoms with Crippen LogP contribution in [0.25, 0.3) is 0 Å². The molecule has 1 heterocycles. The molecule has 0 spiro atoms. The Morgan fingerprint density at radius 2 is 2.00 bits per heavy atom. The number of carbonyl (C=O) groups is 1. The second kappa shape index (κ2) is 7.73. The first-order valence-electron chi connectivity index (χ1n) is 7.50. The van der Waals surface area contributed by atoms with Crippen LogP contribution in [0.3, 0.4) is 0 Å². The molecule has 2 N–H and O–H groups in total. The van der Waals surface area contributed by atoms with E-state index in [1.807, 2.05) is 0 Å². The number of rotatable bonds is 8. The predicted molar refractivity (Wildman–Crippen MR) is 86.9 cm³/mol. The van der Waals surface area contributed by atoms with E-state index < -0.39 is 5.97 Å². The molecular formula is C15H27N3O2S. The quantitative estimate of drug-likeness (QED) is 0.764. The van der Waals surface area contributed by atoms with E-state index in [4.69, 9.17) is 5.11 Å². The van der Waals surface area contributed by atoms with E-state index in [1.54, 1.807) is 0 Å². The molecule has 0 bridgehead atoms. The Labute approximate surface area is 131 Å². The van der Waals surface area contributed by atoms with Gasteiger partial charge in [-0.2, -0.15) is 4.37 Å². The van der Waals surface area contributed by atoms with Crippen molar-refractivity contribution in [2.24, 2.45) is 11.8 Å². The first-order chi connectivity index (χ1) is 9.70. The molecule has 5 nitrogen and oxygen atoms in total. The molecule has 0 aliphatic heterocycles. The summed E-state index contributed by atoms with van der Waals surface area (Å²) in [5.41, 5.74) is -0.0294. The SMILES string of the molecule is CC(C)C(CCNc1nc(C(C)(C)C)ns1)CCC(=O)O. The van der Waals surface area contributed by atoms with E-state index in [0.29, 0.717) is 11.8 Å². The van der Waals surface area contributed by atoms with Gasteiger partial charge in [-0.25, -0.2) is 4.98 Å². The summed E-state index contributed by atoms with van der Waals surface area (Å²) in [7, 11) is 0. The maximum absolute atomic E-state index is 10.7. The number of carboxylic acids is 1. The number of anilines is 1. The van der Waals surface area contributed by atoms with Crippen molar-refractivity contribution in [1.82, 2.24) is 9.36 Å². The van der Waals surface area contributed by atoms with Crippen LogP contribution in [-0.4, -0.2) is 27.0 Å². The monoisotopic (exact) mass is 313 g/mol. The normalized spacial score (nSPS) is 13.4. The third-order valence-electron chi connectivity index (χ3n) is 3.56. The number of aliphatic carboxylic acids is 1. The van der Waals surface area contributed by atoms with Crippen LogP contribution in [-0.2, 0) is 10.2 Å². The highest BCUT2D eigenvalue weighted by atomic mass is 32.1. The fraction of sp³-hybridized carbons (Fsp3) is 0.800. The minimum atomic E-state index is -0.715. The molecule has 6 heteroatoms.